The van der Waals surface area contributed by atoms with Crippen LogP contribution in [0.3, 0.4) is 0 Å². The minimum atomic E-state index is 0.320. The van der Waals surface area contributed by atoms with Gasteiger partial charge in [0.05, 0.1) is 12.3 Å². The van der Waals surface area contributed by atoms with Gasteiger partial charge in [-0.05, 0) is 56.8 Å². The third-order valence-corrected chi connectivity index (χ3v) is 5.77. The fourth-order valence-corrected chi connectivity index (χ4v) is 4.13. The lowest BCUT2D eigenvalue weighted by Gasteiger charge is -2.37. The molecule has 1 amide bonds. The SMILES string of the molecule is CCOc1ccccc1N1CCN(C(=O)CC(C)C2CCCNC2)CC1. The number of para-hydroxylation sites is 2. The molecule has 0 radical (unpaired) electrons. The van der Waals surface area contributed by atoms with Gasteiger partial charge in [0.15, 0.2) is 0 Å². The van der Waals surface area contributed by atoms with Crippen molar-refractivity contribution in [3.8, 4) is 5.75 Å². The van der Waals surface area contributed by atoms with E-state index in [2.05, 4.69) is 29.3 Å². The Morgan fingerprint density at radius 2 is 2.04 bits per heavy atom. The highest BCUT2D eigenvalue weighted by molar-refractivity contribution is 5.77. The summed E-state index contributed by atoms with van der Waals surface area (Å²) < 4.78 is 5.76. The number of anilines is 1. The van der Waals surface area contributed by atoms with E-state index in [1.807, 2.05) is 24.0 Å². The number of rotatable bonds is 6. The molecule has 0 saturated carbocycles. The quantitative estimate of drug-likeness (QED) is 0.848. The van der Waals surface area contributed by atoms with Gasteiger partial charge in [-0.1, -0.05) is 19.1 Å². The van der Waals surface area contributed by atoms with E-state index in [0.717, 1.165) is 50.7 Å². The third-order valence-electron chi connectivity index (χ3n) is 5.77. The molecule has 0 spiro atoms. The lowest BCUT2D eigenvalue weighted by Crippen LogP contribution is -2.49. The van der Waals surface area contributed by atoms with Crippen molar-refractivity contribution >= 4 is 11.6 Å². The molecule has 2 atom stereocenters. The zero-order valence-electron chi connectivity index (χ0n) is 16.2. The van der Waals surface area contributed by atoms with E-state index in [-0.39, 0.29) is 0 Å². The number of nitrogens with zero attached hydrogens (tertiary/aromatic N) is 2. The molecule has 2 fully saturated rings. The topological polar surface area (TPSA) is 44.8 Å². The van der Waals surface area contributed by atoms with Crippen LogP contribution in [0.4, 0.5) is 5.69 Å². The van der Waals surface area contributed by atoms with Crippen LogP contribution in [-0.2, 0) is 4.79 Å². The maximum absolute atomic E-state index is 12.7. The number of nitrogens with one attached hydrogen (secondary N) is 1. The maximum atomic E-state index is 12.7. The van der Waals surface area contributed by atoms with Crippen molar-refractivity contribution < 1.29 is 9.53 Å². The molecule has 0 bridgehead atoms. The minimum Gasteiger partial charge on any atom is -0.492 e. The maximum Gasteiger partial charge on any atom is 0.222 e. The number of piperazine rings is 1. The molecule has 2 heterocycles. The first kappa shape index (κ1) is 19.0. The monoisotopic (exact) mass is 359 g/mol. The fraction of sp³-hybridized carbons (Fsp3) is 0.667. The number of piperidine rings is 1. The molecule has 2 unspecified atom stereocenters. The van der Waals surface area contributed by atoms with Crippen LogP contribution >= 0.6 is 0 Å². The molecule has 0 aromatic heterocycles. The predicted molar refractivity (Wildman–Crippen MR) is 106 cm³/mol. The lowest BCUT2D eigenvalue weighted by atomic mass is 9.85. The molecule has 1 aromatic carbocycles. The van der Waals surface area contributed by atoms with Gasteiger partial charge in [-0.15, -0.1) is 0 Å². The van der Waals surface area contributed by atoms with Crippen LogP contribution in [0.15, 0.2) is 24.3 Å². The van der Waals surface area contributed by atoms with Crippen LogP contribution in [-0.4, -0.2) is 56.7 Å². The lowest BCUT2D eigenvalue weighted by molar-refractivity contribution is -0.132. The molecule has 2 aliphatic rings. The van der Waals surface area contributed by atoms with E-state index in [1.165, 1.54) is 12.8 Å². The zero-order valence-corrected chi connectivity index (χ0v) is 16.2. The van der Waals surface area contributed by atoms with Crippen molar-refractivity contribution in [2.75, 3.05) is 50.8 Å². The van der Waals surface area contributed by atoms with Crippen molar-refractivity contribution in [3.05, 3.63) is 24.3 Å². The van der Waals surface area contributed by atoms with E-state index in [4.69, 9.17) is 4.74 Å². The molecule has 0 aliphatic carbocycles. The van der Waals surface area contributed by atoms with E-state index >= 15 is 0 Å². The number of carbonyl (C=O) groups is 1. The van der Waals surface area contributed by atoms with Gasteiger partial charge in [0.1, 0.15) is 5.75 Å². The molecule has 3 rings (SSSR count). The van der Waals surface area contributed by atoms with Crippen LogP contribution < -0.4 is 15.0 Å². The molecule has 5 nitrogen and oxygen atoms in total. The summed E-state index contributed by atoms with van der Waals surface area (Å²) in [6, 6.07) is 8.20. The zero-order chi connectivity index (χ0) is 18.4. The summed E-state index contributed by atoms with van der Waals surface area (Å²) in [6.07, 6.45) is 3.17. The summed E-state index contributed by atoms with van der Waals surface area (Å²) >= 11 is 0. The van der Waals surface area contributed by atoms with Gasteiger partial charge in [-0.2, -0.15) is 0 Å². The fourth-order valence-electron chi connectivity index (χ4n) is 4.13. The molecular weight excluding hydrogens is 326 g/mol. The van der Waals surface area contributed by atoms with E-state index in [9.17, 15) is 4.79 Å². The first-order valence-electron chi connectivity index (χ1n) is 10.1. The Morgan fingerprint density at radius 1 is 1.27 bits per heavy atom. The van der Waals surface area contributed by atoms with Crippen molar-refractivity contribution in [1.29, 1.82) is 0 Å². The first-order valence-corrected chi connectivity index (χ1v) is 10.1. The normalized spacial score (nSPS) is 22.2. The Morgan fingerprint density at radius 3 is 2.73 bits per heavy atom. The van der Waals surface area contributed by atoms with E-state index in [0.29, 0.717) is 30.8 Å². The Kier molecular flexibility index (Phi) is 6.78. The largest absolute Gasteiger partial charge is 0.492 e. The predicted octanol–water partition coefficient (Wildman–Crippen LogP) is 2.76. The van der Waals surface area contributed by atoms with Crippen LogP contribution in [0.2, 0.25) is 0 Å². The molecule has 2 aliphatic heterocycles. The van der Waals surface area contributed by atoms with Crippen LogP contribution in [0.1, 0.15) is 33.1 Å². The van der Waals surface area contributed by atoms with E-state index in [1.54, 1.807) is 0 Å². The Hall–Kier alpha value is -1.75. The molecule has 5 heteroatoms. The number of carbonyl (C=O) groups excluding carboxylic acids is 1. The summed E-state index contributed by atoms with van der Waals surface area (Å²) in [5, 5.41) is 3.46. The van der Waals surface area contributed by atoms with Crippen molar-refractivity contribution in [3.63, 3.8) is 0 Å². The van der Waals surface area contributed by atoms with Gasteiger partial charge in [0.25, 0.3) is 0 Å². The van der Waals surface area contributed by atoms with E-state index < -0.39 is 0 Å². The molecule has 2 saturated heterocycles. The Labute approximate surface area is 157 Å². The summed E-state index contributed by atoms with van der Waals surface area (Å²) in [5.41, 5.74) is 1.14. The number of hydrogen-bond donors (Lipinski definition) is 1. The van der Waals surface area contributed by atoms with Gasteiger partial charge < -0.3 is 19.9 Å². The summed E-state index contributed by atoms with van der Waals surface area (Å²) in [4.78, 5) is 17.1. The van der Waals surface area contributed by atoms with Gasteiger partial charge >= 0.3 is 0 Å². The second-order valence-electron chi connectivity index (χ2n) is 7.56. The highest BCUT2D eigenvalue weighted by Crippen LogP contribution is 2.29. The number of amides is 1. The number of ether oxygens (including phenoxy) is 1. The van der Waals surface area contributed by atoms with Crippen molar-refractivity contribution in [2.24, 2.45) is 11.8 Å². The minimum absolute atomic E-state index is 0.320. The van der Waals surface area contributed by atoms with Crippen molar-refractivity contribution in [1.82, 2.24) is 10.2 Å². The second kappa shape index (κ2) is 9.26. The number of benzene rings is 1. The average molecular weight is 360 g/mol. The summed E-state index contributed by atoms with van der Waals surface area (Å²) in [5.74, 6) is 2.37. The Balaban J connectivity index is 1.51. The highest BCUT2D eigenvalue weighted by atomic mass is 16.5. The summed E-state index contributed by atoms with van der Waals surface area (Å²) in [6.45, 7) is 10.5. The highest BCUT2D eigenvalue weighted by Gasteiger charge is 2.27. The molecular formula is C21H33N3O2. The second-order valence-corrected chi connectivity index (χ2v) is 7.56. The first-order chi connectivity index (χ1) is 12.7. The Bertz CT molecular complexity index is 578. The van der Waals surface area contributed by atoms with Gasteiger partial charge in [-0.25, -0.2) is 0 Å². The van der Waals surface area contributed by atoms with Crippen LogP contribution in [0.5, 0.6) is 5.75 Å². The van der Waals surface area contributed by atoms with Crippen LogP contribution in [0.25, 0.3) is 0 Å². The molecule has 144 valence electrons. The summed E-state index contributed by atoms with van der Waals surface area (Å²) in [7, 11) is 0. The standard InChI is InChI=1S/C21H33N3O2/c1-3-26-20-9-5-4-8-19(20)23-11-13-24(14-12-23)21(25)15-17(2)18-7-6-10-22-16-18/h4-5,8-9,17-18,22H,3,6-7,10-16H2,1-2H3. The third kappa shape index (κ3) is 4.70. The van der Waals surface area contributed by atoms with Crippen molar-refractivity contribution in [2.45, 2.75) is 33.1 Å². The molecule has 1 aromatic rings. The number of hydrogen-bond acceptors (Lipinski definition) is 4. The average Bonchev–Trinajstić information content (AvgIpc) is 2.69. The van der Waals surface area contributed by atoms with Crippen LogP contribution in [0, 0.1) is 11.8 Å². The molecule has 1 N–H and O–H groups in total. The van der Waals surface area contributed by atoms with Gasteiger partial charge in [0.2, 0.25) is 5.91 Å². The van der Waals surface area contributed by atoms with Gasteiger partial charge in [0, 0.05) is 32.6 Å². The smallest absolute Gasteiger partial charge is 0.222 e. The van der Waals surface area contributed by atoms with Gasteiger partial charge in [-0.3, -0.25) is 4.79 Å². The molecule has 26 heavy (non-hydrogen) atoms.